The van der Waals surface area contributed by atoms with Gasteiger partial charge in [0.15, 0.2) is 0 Å². The number of aromatic nitrogens is 5. The van der Waals surface area contributed by atoms with Crippen LogP contribution in [0.25, 0.3) is 20.4 Å². The second-order valence-electron chi connectivity index (χ2n) is 6.96. The fourth-order valence-corrected chi connectivity index (χ4v) is 4.75. The van der Waals surface area contributed by atoms with E-state index in [4.69, 9.17) is 16.3 Å². The maximum Gasteiger partial charge on any atom is 0.150 e. The lowest BCUT2D eigenvalue weighted by Gasteiger charge is -2.39. The summed E-state index contributed by atoms with van der Waals surface area (Å²) in [7, 11) is 0. The Morgan fingerprint density at radius 2 is 1.97 bits per heavy atom. The monoisotopic (exact) mass is 484 g/mol. The van der Waals surface area contributed by atoms with Crippen LogP contribution >= 0.6 is 47.8 Å². The summed E-state index contributed by atoms with van der Waals surface area (Å²) in [5, 5.41) is 10.1. The van der Waals surface area contributed by atoms with Crippen molar-refractivity contribution in [2.45, 2.75) is 13.8 Å². The molecule has 1 aliphatic rings. The fraction of sp³-hybridized carbons (Fsp3) is 0.316. The largest absolute Gasteiger partial charge is 0.493 e. The first-order chi connectivity index (χ1) is 13.6. The number of hydrogen-bond acceptors (Lipinski definition) is 8. The van der Waals surface area contributed by atoms with Gasteiger partial charge in [-0.1, -0.05) is 11.6 Å². The Labute approximate surface area is 194 Å². The number of halogens is 3. The average Bonchev–Trinajstić information content (AvgIpc) is 3.03. The van der Waals surface area contributed by atoms with Crippen LogP contribution in [0.3, 0.4) is 0 Å². The topological polar surface area (TPSA) is 76.9 Å². The van der Waals surface area contributed by atoms with Gasteiger partial charge in [-0.2, -0.15) is 5.10 Å². The van der Waals surface area contributed by atoms with Crippen LogP contribution in [-0.2, 0) is 0 Å². The molecule has 0 spiro atoms. The van der Waals surface area contributed by atoms with E-state index in [1.54, 1.807) is 29.9 Å². The normalized spacial score (nSPS) is 13.6. The predicted molar refractivity (Wildman–Crippen MR) is 125 cm³/mol. The Kier molecular flexibility index (Phi) is 6.81. The molecule has 11 heteroatoms. The third kappa shape index (κ3) is 3.97. The summed E-state index contributed by atoms with van der Waals surface area (Å²) in [5.41, 5.74) is 3.03. The minimum atomic E-state index is 0. The zero-order chi connectivity index (χ0) is 19.3. The SMILES string of the molecule is Cc1nnc2sc3c(N4CC(COc5ccnc(Cl)c5)C4)ncnc3c2c1C.Cl.Cl. The Hall–Kier alpha value is -2.00. The van der Waals surface area contributed by atoms with Gasteiger partial charge in [-0.25, -0.2) is 15.0 Å². The summed E-state index contributed by atoms with van der Waals surface area (Å²) < 4.78 is 6.91. The van der Waals surface area contributed by atoms with Crippen LogP contribution < -0.4 is 9.64 Å². The van der Waals surface area contributed by atoms with Crippen molar-refractivity contribution in [3.8, 4) is 5.75 Å². The molecule has 0 bridgehead atoms. The minimum Gasteiger partial charge on any atom is -0.493 e. The van der Waals surface area contributed by atoms with Gasteiger partial charge in [-0.15, -0.1) is 41.2 Å². The van der Waals surface area contributed by atoms with E-state index in [1.807, 2.05) is 13.0 Å². The van der Waals surface area contributed by atoms with E-state index in [0.717, 1.165) is 56.3 Å². The number of anilines is 1. The van der Waals surface area contributed by atoms with E-state index in [9.17, 15) is 0 Å². The molecular formula is C19H19Cl3N6OS. The summed E-state index contributed by atoms with van der Waals surface area (Å²) in [5.74, 6) is 2.15. The van der Waals surface area contributed by atoms with Gasteiger partial charge < -0.3 is 9.64 Å². The third-order valence-electron chi connectivity index (χ3n) is 5.08. The van der Waals surface area contributed by atoms with E-state index in [2.05, 4.69) is 37.0 Å². The number of pyridine rings is 1. The Bertz CT molecular complexity index is 1200. The lowest BCUT2D eigenvalue weighted by molar-refractivity contribution is 0.220. The summed E-state index contributed by atoms with van der Waals surface area (Å²) in [6.07, 6.45) is 3.29. The van der Waals surface area contributed by atoms with E-state index in [1.165, 1.54) is 0 Å². The van der Waals surface area contributed by atoms with Crippen LogP contribution in [-0.4, -0.2) is 44.8 Å². The van der Waals surface area contributed by atoms with Crippen LogP contribution in [0.1, 0.15) is 11.3 Å². The zero-order valence-corrected chi connectivity index (χ0v) is 19.4. The molecule has 7 nitrogen and oxygen atoms in total. The molecule has 0 aliphatic carbocycles. The zero-order valence-electron chi connectivity index (χ0n) is 16.2. The Balaban J connectivity index is 0.00000128. The molecule has 0 atom stereocenters. The molecule has 1 aliphatic heterocycles. The van der Waals surface area contributed by atoms with Crippen molar-refractivity contribution in [3.63, 3.8) is 0 Å². The number of fused-ring (bicyclic) bond motifs is 3. The standard InChI is InChI=1S/C19H17ClN6OS.2ClH/c1-10-11(2)24-25-19-15(10)16-17(28-19)18(23-9-22-16)26-6-12(7-26)8-27-13-3-4-21-14(20)5-13;;/h3-5,9,12H,6-8H2,1-2H3;2*1H. The molecule has 158 valence electrons. The van der Waals surface area contributed by atoms with Crippen LogP contribution in [0.2, 0.25) is 5.15 Å². The van der Waals surface area contributed by atoms with Crippen LogP contribution in [0.4, 0.5) is 5.82 Å². The number of thiophene rings is 1. The predicted octanol–water partition coefficient (Wildman–Crippen LogP) is 4.66. The molecule has 0 amide bonds. The first-order valence-corrected chi connectivity index (χ1v) is 10.2. The summed E-state index contributed by atoms with van der Waals surface area (Å²) >= 11 is 7.51. The molecule has 4 aromatic rings. The smallest absolute Gasteiger partial charge is 0.150 e. The van der Waals surface area contributed by atoms with Crippen LogP contribution in [0, 0.1) is 19.8 Å². The van der Waals surface area contributed by atoms with Gasteiger partial charge in [0.2, 0.25) is 0 Å². The molecule has 1 fully saturated rings. The van der Waals surface area contributed by atoms with E-state index in [0.29, 0.717) is 17.7 Å². The van der Waals surface area contributed by atoms with Crippen molar-refractivity contribution in [2.24, 2.45) is 5.92 Å². The van der Waals surface area contributed by atoms with Crippen molar-refractivity contribution < 1.29 is 4.74 Å². The molecule has 0 radical (unpaired) electrons. The fourth-order valence-electron chi connectivity index (χ4n) is 3.43. The number of hydrogen-bond donors (Lipinski definition) is 0. The van der Waals surface area contributed by atoms with E-state index < -0.39 is 0 Å². The molecule has 0 N–H and O–H groups in total. The second kappa shape index (κ2) is 9.01. The van der Waals surface area contributed by atoms with Crippen molar-refractivity contribution in [1.82, 2.24) is 25.1 Å². The maximum atomic E-state index is 5.90. The molecule has 5 heterocycles. The summed E-state index contributed by atoms with van der Waals surface area (Å²) in [4.78, 5) is 16.2. The van der Waals surface area contributed by atoms with Crippen molar-refractivity contribution in [2.75, 3.05) is 24.6 Å². The molecule has 4 aromatic heterocycles. The molecule has 1 saturated heterocycles. The third-order valence-corrected chi connectivity index (χ3v) is 6.35. The number of rotatable bonds is 4. The molecular weight excluding hydrogens is 467 g/mol. The Morgan fingerprint density at radius 1 is 1.17 bits per heavy atom. The molecule has 0 unspecified atom stereocenters. The number of ether oxygens (including phenoxy) is 1. The summed E-state index contributed by atoms with van der Waals surface area (Å²) in [6.45, 7) is 6.47. The molecule has 5 rings (SSSR count). The number of nitrogens with zero attached hydrogens (tertiary/aromatic N) is 6. The van der Waals surface area contributed by atoms with E-state index >= 15 is 0 Å². The highest BCUT2D eigenvalue weighted by Crippen LogP contribution is 2.39. The molecule has 0 aromatic carbocycles. The highest BCUT2D eigenvalue weighted by Gasteiger charge is 2.30. The van der Waals surface area contributed by atoms with Gasteiger partial charge in [0, 0.05) is 36.7 Å². The highest BCUT2D eigenvalue weighted by molar-refractivity contribution is 7.26. The van der Waals surface area contributed by atoms with Crippen molar-refractivity contribution in [1.29, 1.82) is 0 Å². The molecule has 30 heavy (non-hydrogen) atoms. The lowest BCUT2D eigenvalue weighted by Crippen LogP contribution is -2.49. The first kappa shape index (κ1) is 22.7. The van der Waals surface area contributed by atoms with Gasteiger partial charge in [-0.05, 0) is 25.5 Å². The van der Waals surface area contributed by atoms with Crippen molar-refractivity contribution >= 4 is 74.0 Å². The molecule has 0 saturated carbocycles. The first-order valence-electron chi connectivity index (χ1n) is 8.96. The van der Waals surface area contributed by atoms with Gasteiger partial charge in [0.1, 0.15) is 27.9 Å². The summed E-state index contributed by atoms with van der Waals surface area (Å²) in [6, 6.07) is 3.55. The number of aryl methyl sites for hydroxylation is 2. The van der Waals surface area contributed by atoms with Crippen molar-refractivity contribution in [3.05, 3.63) is 41.1 Å². The lowest BCUT2D eigenvalue weighted by atomic mass is 10.0. The second-order valence-corrected chi connectivity index (χ2v) is 8.35. The van der Waals surface area contributed by atoms with Gasteiger partial charge in [-0.3, -0.25) is 0 Å². The quantitative estimate of drug-likeness (QED) is 0.389. The highest BCUT2D eigenvalue weighted by atomic mass is 35.5. The van der Waals surface area contributed by atoms with Crippen LogP contribution in [0.5, 0.6) is 5.75 Å². The van der Waals surface area contributed by atoms with Gasteiger partial charge in [0.25, 0.3) is 0 Å². The van der Waals surface area contributed by atoms with E-state index in [-0.39, 0.29) is 24.8 Å². The van der Waals surface area contributed by atoms with Gasteiger partial charge in [0.05, 0.1) is 22.5 Å². The Morgan fingerprint density at radius 3 is 2.73 bits per heavy atom. The van der Waals surface area contributed by atoms with Crippen LogP contribution in [0.15, 0.2) is 24.7 Å². The maximum absolute atomic E-state index is 5.90. The average molecular weight is 486 g/mol. The van der Waals surface area contributed by atoms with Gasteiger partial charge >= 0.3 is 0 Å². The minimum absolute atomic E-state index is 0.